The summed E-state index contributed by atoms with van der Waals surface area (Å²) in [6.07, 6.45) is 0. The average molecular weight is 331 g/mol. The van der Waals surface area contributed by atoms with Crippen LogP contribution in [0.3, 0.4) is 0 Å². The van der Waals surface area contributed by atoms with Crippen molar-refractivity contribution in [1.82, 2.24) is 0 Å². The van der Waals surface area contributed by atoms with Crippen LogP contribution in [0.4, 0.5) is 0 Å². The van der Waals surface area contributed by atoms with E-state index in [2.05, 4.69) is 31.1 Å². The molecular weight excluding hydrogens is 300 g/mol. The monoisotopic (exact) mass is 330 g/mol. The molecule has 1 rings (SSSR count). The highest BCUT2D eigenvalue weighted by Gasteiger charge is 2.27. The lowest BCUT2D eigenvalue weighted by atomic mass is 9.78. The van der Waals surface area contributed by atoms with Crippen LogP contribution in [0.25, 0.3) is 0 Å². The molecule has 0 aliphatic heterocycles. The van der Waals surface area contributed by atoms with Crippen LogP contribution >= 0.6 is 0 Å². The first-order chi connectivity index (χ1) is 10.1. The Hall–Kier alpha value is -1.53. The van der Waals surface area contributed by atoms with E-state index in [9.17, 15) is 9.90 Å². The Kier molecular flexibility index (Phi) is 5.23. The number of rotatable bonds is 1. The predicted octanol–water partition coefficient (Wildman–Crippen LogP) is 5.05. The average Bonchev–Trinajstić information content (AvgIpc) is 2.32. The normalized spacial score (nSPS) is 12.6. The van der Waals surface area contributed by atoms with Crippen molar-refractivity contribution in [3.8, 4) is 17.2 Å². The first kappa shape index (κ1) is 19.5. The second-order valence-corrected chi connectivity index (χ2v) is 14.0. The number of hydrogen-bond acceptors (Lipinski definition) is 2. The van der Waals surface area contributed by atoms with E-state index in [1.165, 1.54) is 0 Å². The summed E-state index contributed by atoms with van der Waals surface area (Å²) in [5, 5.41) is 10.7. The highest BCUT2D eigenvalue weighted by Crippen LogP contribution is 2.39. The Morgan fingerprint density at radius 3 is 1.65 bits per heavy atom. The summed E-state index contributed by atoms with van der Waals surface area (Å²) in [6.45, 7) is 18.6. The van der Waals surface area contributed by atoms with E-state index in [1.807, 2.05) is 41.5 Å². The van der Waals surface area contributed by atoms with Gasteiger partial charge in [0.2, 0.25) is 5.78 Å². The lowest BCUT2D eigenvalue weighted by Gasteiger charge is -2.27. The van der Waals surface area contributed by atoms with E-state index in [4.69, 9.17) is 0 Å². The molecule has 0 aliphatic carbocycles. The predicted molar refractivity (Wildman–Crippen MR) is 101 cm³/mol. The van der Waals surface area contributed by atoms with Gasteiger partial charge in [0.15, 0.2) is 0 Å². The first-order valence-electron chi connectivity index (χ1n) is 8.08. The van der Waals surface area contributed by atoms with Crippen molar-refractivity contribution in [2.75, 3.05) is 0 Å². The summed E-state index contributed by atoms with van der Waals surface area (Å²) >= 11 is 0. The summed E-state index contributed by atoms with van der Waals surface area (Å²) in [4.78, 5) is 12.5. The third-order valence-electron chi connectivity index (χ3n) is 3.54. The molecule has 0 saturated heterocycles. The summed E-state index contributed by atoms with van der Waals surface area (Å²) < 4.78 is 0. The zero-order valence-electron chi connectivity index (χ0n) is 16.0. The van der Waals surface area contributed by atoms with Crippen molar-refractivity contribution >= 4 is 13.9 Å². The number of benzene rings is 1. The Labute approximate surface area is 142 Å². The molecular formula is C20H30O2Si. The van der Waals surface area contributed by atoms with E-state index in [-0.39, 0.29) is 16.6 Å². The van der Waals surface area contributed by atoms with Crippen molar-refractivity contribution < 1.29 is 9.90 Å². The molecule has 0 fully saturated rings. The Bertz CT molecular complexity index is 634. The van der Waals surface area contributed by atoms with E-state index >= 15 is 0 Å². The van der Waals surface area contributed by atoms with Crippen LogP contribution in [0, 0.1) is 11.5 Å². The molecule has 0 unspecified atom stereocenters. The molecule has 0 amide bonds. The smallest absolute Gasteiger partial charge is 0.235 e. The van der Waals surface area contributed by atoms with Gasteiger partial charge in [-0.25, -0.2) is 0 Å². The molecule has 0 aliphatic rings. The first-order valence-corrected chi connectivity index (χ1v) is 11.6. The van der Waals surface area contributed by atoms with Crippen LogP contribution in [-0.4, -0.2) is 19.0 Å². The number of phenolic OH excluding ortho intramolecular Hbond substituents is 1. The molecule has 1 aromatic carbocycles. The van der Waals surface area contributed by atoms with Crippen LogP contribution < -0.4 is 0 Å². The molecule has 23 heavy (non-hydrogen) atoms. The van der Waals surface area contributed by atoms with Gasteiger partial charge in [0, 0.05) is 16.7 Å². The van der Waals surface area contributed by atoms with Gasteiger partial charge in [0.1, 0.15) is 13.8 Å². The van der Waals surface area contributed by atoms with Gasteiger partial charge in [-0.15, -0.1) is 5.54 Å². The van der Waals surface area contributed by atoms with E-state index < -0.39 is 8.07 Å². The minimum Gasteiger partial charge on any atom is -0.507 e. The van der Waals surface area contributed by atoms with Gasteiger partial charge in [-0.2, -0.15) is 0 Å². The standard InChI is InChI=1S/C20H30O2Si/c1-19(2,3)15-12-14(17(21)10-11-23(7,8)9)13-16(18(15)22)20(4,5)6/h12-13,22H,1-9H3. The highest BCUT2D eigenvalue weighted by molar-refractivity contribution is 6.84. The zero-order chi connectivity index (χ0) is 18.2. The summed E-state index contributed by atoms with van der Waals surface area (Å²) in [5.41, 5.74) is 4.80. The topological polar surface area (TPSA) is 37.3 Å². The molecule has 0 aromatic heterocycles. The number of aromatic hydroxyl groups is 1. The van der Waals surface area contributed by atoms with E-state index in [1.54, 1.807) is 12.1 Å². The molecule has 0 atom stereocenters. The highest BCUT2D eigenvalue weighted by atomic mass is 28.3. The van der Waals surface area contributed by atoms with E-state index in [0.717, 1.165) is 11.1 Å². The van der Waals surface area contributed by atoms with Gasteiger partial charge in [0.25, 0.3) is 0 Å². The quantitative estimate of drug-likeness (QED) is 0.444. The number of phenols is 1. The Morgan fingerprint density at radius 1 is 0.957 bits per heavy atom. The van der Waals surface area contributed by atoms with Crippen molar-refractivity contribution in [3.63, 3.8) is 0 Å². The van der Waals surface area contributed by atoms with Crippen LogP contribution in [0.2, 0.25) is 19.6 Å². The molecule has 0 radical (unpaired) electrons. The van der Waals surface area contributed by atoms with Gasteiger partial charge in [-0.05, 0) is 28.9 Å². The number of carbonyl (C=O) groups is 1. The van der Waals surface area contributed by atoms with Crippen LogP contribution in [-0.2, 0) is 10.8 Å². The van der Waals surface area contributed by atoms with Crippen molar-refractivity contribution in [3.05, 3.63) is 28.8 Å². The SMILES string of the molecule is CC(C)(C)c1cc(C(=O)C#C[Si](C)(C)C)cc(C(C)(C)C)c1O. The minimum absolute atomic E-state index is 0.163. The maximum Gasteiger partial charge on any atom is 0.235 e. The van der Waals surface area contributed by atoms with Gasteiger partial charge in [-0.3, -0.25) is 4.79 Å². The minimum atomic E-state index is -1.60. The fourth-order valence-electron chi connectivity index (χ4n) is 2.23. The van der Waals surface area contributed by atoms with Crippen LogP contribution in [0.5, 0.6) is 5.75 Å². The lowest BCUT2D eigenvalue weighted by Crippen LogP contribution is -2.19. The van der Waals surface area contributed by atoms with Crippen molar-refractivity contribution in [2.45, 2.75) is 72.0 Å². The maximum absolute atomic E-state index is 12.5. The summed E-state index contributed by atoms with van der Waals surface area (Å²) in [6, 6.07) is 3.59. The van der Waals surface area contributed by atoms with Crippen molar-refractivity contribution in [2.24, 2.45) is 0 Å². The second kappa shape index (κ2) is 6.17. The summed E-state index contributed by atoms with van der Waals surface area (Å²) in [7, 11) is -1.60. The van der Waals surface area contributed by atoms with E-state index in [0.29, 0.717) is 11.3 Å². The van der Waals surface area contributed by atoms with Gasteiger partial charge < -0.3 is 5.11 Å². The third kappa shape index (κ3) is 5.25. The van der Waals surface area contributed by atoms with Crippen molar-refractivity contribution in [1.29, 1.82) is 0 Å². The molecule has 0 spiro atoms. The second-order valence-electron chi connectivity index (χ2n) is 9.25. The fourth-order valence-corrected chi connectivity index (χ4v) is 2.71. The number of carbonyl (C=O) groups excluding carboxylic acids is 1. The Morgan fingerprint density at radius 2 is 1.35 bits per heavy atom. The molecule has 0 heterocycles. The molecule has 1 aromatic rings. The third-order valence-corrected chi connectivity index (χ3v) is 4.41. The molecule has 1 N–H and O–H groups in total. The van der Waals surface area contributed by atoms with Gasteiger partial charge >= 0.3 is 0 Å². The molecule has 126 valence electrons. The largest absolute Gasteiger partial charge is 0.507 e. The Balaban J connectivity index is 3.56. The van der Waals surface area contributed by atoms with Gasteiger partial charge in [0.05, 0.1) is 0 Å². The number of hydrogen-bond donors (Lipinski definition) is 1. The molecule has 3 heteroatoms. The lowest BCUT2D eigenvalue weighted by molar-refractivity contribution is 0.105. The van der Waals surface area contributed by atoms with Crippen LogP contribution in [0.1, 0.15) is 63.0 Å². The molecule has 0 saturated carbocycles. The fraction of sp³-hybridized carbons (Fsp3) is 0.550. The summed E-state index contributed by atoms with van der Waals surface area (Å²) in [5.74, 6) is 2.93. The maximum atomic E-state index is 12.5. The van der Waals surface area contributed by atoms with Gasteiger partial charge in [-0.1, -0.05) is 61.2 Å². The molecule has 0 bridgehead atoms. The number of ketones is 1. The molecule has 2 nitrogen and oxygen atoms in total. The number of Topliss-reactive ketones (excluding diaryl/α,β-unsaturated/α-hetero) is 1. The van der Waals surface area contributed by atoms with Crippen LogP contribution in [0.15, 0.2) is 12.1 Å². The zero-order valence-corrected chi connectivity index (χ0v) is 17.0.